The molecule has 1 heterocycles. The largest absolute Gasteiger partial charge is 0.366 e. The molecule has 14 heavy (non-hydrogen) atoms. The zero-order valence-electron chi connectivity index (χ0n) is 6.60. The second-order valence-electron chi connectivity index (χ2n) is 2.36. The van der Waals surface area contributed by atoms with Gasteiger partial charge < -0.3 is 5.73 Å². The molecule has 0 aromatic carbocycles. The molecule has 1 amide bonds. The zero-order valence-corrected chi connectivity index (χ0v) is 8.94. The highest BCUT2D eigenvalue weighted by molar-refractivity contribution is 9.10. The number of halogens is 4. The van der Waals surface area contributed by atoms with Gasteiger partial charge in [0, 0.05) is 0 Å². The molecule has 0 saturated heterocycles. The molecule has 1 rings (SSSR count). The summed E-state index contributed by atoms with van der Waals surface area (Å²) in [5.41, 5.74) is 4.21. The highest BCUT2D eigenvalue weighted by Gasteiger charge is 2.17. The van der Waals surface area contributed by atoms with Crippen LogP contribution in [0.2, 0.25) is 5.02 Å². The van der Waals surface area contributed by atoms with Crippen molar-refractivity contribution in [2.24, 2.45) is 5.73 Å². The Labute approximate surface area is 91.4 Å². The molecule has 0 saturated carbocycles. The van der Waals surface area contributed by atoms with Crippen molar-refractivity contribution in [3.8, 4) is 0 Å². The second-order valence-corrected chi connectivity index (χ2v) is 3.49. The quantitative estimate of drug-likeness (QED) is 0.849. The number of rotatable bonds is 2. The Morgan fingerprint density at radius 3 is 2.64 bits per heavy atom. The van der Waals surface area contributed by atoms with Crippen LogP contribution in [-0.4, -0.2) is 10.9 Å². The van der Waals surface area contributed by atoms with Gasteiger partial charge in [-0.05, 0) is 22.0 Å². The first-order valence-corrected chi connectivity index (χ1v) is 4.54. The summed E-state index contributed by atoms with van der Waals surface area (Å²) < 4.78 is 24.5. The van der Waals surface area contributed by atoms with Gasteiger partial charge in [-0.3, -0.25) is 4.79 Å². The first-order chi connectivity index (χ1) is 6.43. The van der Waals surface area contributed by atoms with Crippen LogP contribution in [0.15, 0.2) is 10.7 Å². The van der Waals surface area contributed by atoms with E-state index in [2.05, 4.69) is 20.9 Å². The Morgan fingerprint density at radius 1 is 1.64 bits per heavy atom. The van der Waals surface area contributed by atoms with Gasteiger partial charge in [-0.15, -0.1) is 0 Å². The number of nitrogens with zero attached hydrogens (tertiary/aromatic N) is 1. The van der Waals surface area contributed by atoms with E-state index in [0.717, 1.165) is 6.07 Å². The van der Waals surface area contributed by atoms with Gasteiger partial charge in [0.15, 0.2) is 0 Å². The average molecular weight is 285 g/mol. The molecule has 7 heteroatoms. The van der Waals surface area contributed by atoms with Gasteiger partial charge in [0.1, 0.15) is 10.3 Å². The number of amides is 1. The normalized spacial score (nSPS) is 10.6. The molecule has 1 aromatic heterocycles. The van der Waals surface area contributed by atoms with Gasteiger partial charge in [0.05, 0.1) is 10.6 Å². The Morgan fingerprint density at radius 2 is 2.21 bits per heavy atom. The topological polar surface area (TPSA) is 56.0 Å². The maximum absolute atomic E-state index is 12.2. The smallest absolute Gasteiger partial charge is 0.280 e. The molecule has 0 aliphatic carbocycles. The maximum atomic E-state index is 12.2. The minimum Gasteiger partial charge on any atom is -0.366 e. The third kappa shape index (κ3) is 2.19. The van der Waals surface area contributed by atoms with E-state index in [-0.39, 0.29) is 15.2 Å². The van der Waals surface area contributed by atoms with Crippen LogP contribution >= 0.6 is 27.5 Å². The number of primary amides is 1. The van der Waals surface area contributed by atoms with Gasteiger partial charge in [0.25, 0.3) is 6.43 Å². The Balaban J connectivity index is 3.35. The highest BCUT2D eigenvalue weighted by Crippen LogP contribution is 2.28. The van der Waals surface area contributed by atoms with Crippen LogP contribution in [0.3, 0.4) is 0 Å². The van der Waals surface area contributed by atoms with Gasteiger partial charge in [0.2, 0.25) is 5.91 Å². The fourth-order valence-corrected chi connectivity index (χ4v) is 1.42. The number of pyridine rings is 1. The van der Waals surface area contributed by atoms with Crippen LogP contribution < -0.4 is 5.73 Å². The molecule has 0 aliphatic rings. The number of nitrogens with two attached hydrogens (primary N) is 1. The van der Waals surface area contributed by atoms with E-state index >= 15 is 0 Å². The Kier molecular flexibility index (Phi) is 3.38. The lowest BCUT2D eigenvalue weighted by Crippen LogP contribution is -2.13. The minimum atomic E-state index is -2.78. The summed E-state index contributed by atoms with van der Waals surface area (Å²) in [6, 6.07) is 0.875. The SMILES string of the molecule is NC(=O)c1cc(C(F)F)nc(Br)c1Cl. The number of hydrogen-bond acceptors (Lipinski definition) is 2. The van der Waals surface area contributed by atoms with Gasteiger partial charge in [-0.2, -0.15) is 0 Å². The summed E-state index contributed by atoms with van der Waals surface area (Å²) in [7, 11) is 0. The third-order valence-electron chi connectivity index (χ3n) is 1.43. The van der Waals surface area contributed by atoms with Crippen molar-refractivity contribution in [1.82, 2.24) is 4.98 Å². The first kappa shape index (κ1) is 11.3. The summed E-state index contributed by atoms with van der Waals surface area (Å²) in [5.74, 6) is -0.875. The van der Waals surface area contributed by atoms with Crippen LogP contribution in [0.4, 0.5) is 8.78 Å². The van der Waals surface area contributed by atoms with Crippen LogP contribution in [0.5, 0.6) is 0 Å². The predicted molar refractivity (Wildman–Crippen MR) is 50.4 cm³/mol. The summed E-state index contributed by atoms with van der Waals surface area (Å²) in [6.45, 7) is 0. The molecule has 0 fully saturated rings. The summed E-state index contributed by atoms with van der Waals surface area (Å²) in [6.07, 6.45) is -2.78. The zero-order chi connectivity index (χ0) is 10.9. The van der Waals surface area contributed by atoms with E-state index in [1.54, 1.807) is 0 Å². The second kappa shape index (κ2) is 4.18. The number of aromatic nitrogens is 1. The lowest BCUT2D eigenvalue weighted by molar-refractivity contribution is 0.0999. The minimum absolute atomic E-state index is 0.0224. The number of hydrogen-bond donors (Lipinski definition) is 1. The van der Waals surface area contributed by atoms with Crippen LogP contribution in [0.25, 0.3) is 0 Å². The third-order valence-corrected chi connectivity index (χ3v) is 2.61. The van der Waals surface area contributed by atoms with Crippen molar-refractivity contribution in [1.29, 1.82) is 0 Å². The molecule has 2 N–H and O–H groups in total. The summed E-state index contributed by atoms with van der Waals surface area (Å²) in [4.78, 5) is 14.2. The van der Waals surface area contributed by atoms with Crippen molar-refractivity contribution in [2.75, 3.05) is 0 Å². The van der Waals surface area contributed by atoms with E-state index in [9.17, 15) is 13.6 Å². The fraction of sp³-hybridized carbons (Fsp3) is 0.143. The number of alkyl halides is 2. The van der Waals surface area contributed by atoms with E-state index in [4.69, 9.17) is 17.3 Å². The summed E-state index contributed by atoms with van der Waals surface area (Å²) >= 11 is 8.46. The number of carbonyl (C=O) groups is 1. The molecular weight excluding hydrogens is 281 g/mol. The molecule has 76 valence electrons. The van der Waals surface area contributed by atoms with Crippen molar-refractivity contribution in [3.05, 3.63) is 26.9 Å². The van der Waals surface area contributed by atoms with E-state index in [1.807, 2.05) is 0 Å². The first-order valence-electron chi connectivity index (χ1n) is 3.37. The lowest BCUT2D eigenvalue weighted by atomic mass is 10.2. The maximum Gasteiger partial charge on any atom is 0.280 e. The highest BCUT2D eigenvalue weighted by atomic mass is 79.9. The molecule has 0 spiro atoms. The van der Waals surface area contributed by atoms with Crippen LogP contribution in [-0.2, 0) is 0 Å². The molecule has 0 atom stereocenters. The molecule has 0 unspecified atom stereocenters. The average Bonchev–Trinajstić information content (AvgIpc) is 2.08. The van der Waals surface area contributed by atoms with E-state index < -0.39 is 18.0 Å². The molecule has 0 radical (unpaired) electrons. The molecule has 0 bridgehead atoms. The van der Waals surface area contributed by atoms with Crippen molar-refractivity contribution >= 4 is 33.4 Å². The fourth-order valence-electron chi connectivity index (χ4n) is 0.808. The van der Waals surface area contributed by atoms with Gasteiger partial charge >= 0.3 is 0 Å². The summed E-state index contributed by atoms with van der Waals surface area (Å²) in [5, 5.41) is -0.0677. The van der Waals surface area contributed by atoms with Crippen molar-refractivity contribution < 1.29 is 13.6 Å². The molecular formula is C7H4BrClF2N2O. The Bertz CT molecular complexity index is 386. The monoisotopic (exact) mass is 284 g/mol. The van der Waals surface area contributed by atoms with Crippen LogP contribution in [0.1, 0.15) is 22.5 Å². The predicted octanol–water partition coefficient (Wildman–Crippen LogP) is 2.53. The molecule has 1 aromatic rings. The molecule has 3 nitrogen and oxygen atoms in total. The standard InChI is InChI=1S/C7H4BrClF2N2O/c8-5-4(9)2(7(12)14)1-3(13-5)6(10)11/h1,6H,(H2,12,14). The number of carbonyl (C=O) groups excluding carboxylic acids is 1. The van der Waals surface area contributed by atoms with E-state index in [0.29, 0.717) is 0 Å². The van der Waals surface area contributed by atoms with Crippen LogP contribution in [0, 0.1) is 0 Å². The lowest BCUT2D eigenvalue weighted by Gasteiger charge is -2.05. The Hall–Kier alpha value is -0.750. The van der Waals surface area contributed by atoms with Gasteiger partial charge in [-0.1, -0.05) is 11.6 Å². The van der Waals surface area contributed by atoms with Crippen molar-refractivity contribution in [2.45, 2.75) is 6.43 Å². The van der Waals surface area contributed by atoms with Crippen molar-refractivity contribution in [3.63, 3.8) is 0 Å². The van der Waals surface area contributed by atoms with Gasteiger partial charge in [-0.25, -0.2) is 13.8 Å². The molecule has 0 aliphatic heterocycles. The van der Waals surface area contributed by atoms with E-state index in [1.165, 1.54) is 0 Å².